The Morgan fingerprint density at radius 3 is 2.15 bits per heavy atom. The van der Waals surface area contributed by atoms with Crippen molar-refractivity contribution in [3.8, 4) is 0 Å². The maximum absolute atomic E-state index is 12.7. The number of aliphatic hydroxyl groups is 1. The molecule has 4 aromatic carbocycles. The van der Waals surface area contributed by atoms with Crippen LogP contribution in [0.15, 0.2) is 113 Å². The second-order valence-corrected chi connectivity index (χ2v) is 12.3. The van der Waals surface area contributed by atoms with Crippen molar-refractivity contribution in [2.24, 2.45) is 0 Å². The van der Waals surface area contributed by atoms with Gasteiger partial charge in [-0.25, -0.2) is 13.2 Å². The molecule has 0 spiro atoms. The van der Waals surface area contributed by atoms with Crippen LogP contribution in [0.4, 0.5) is 5.69 Å². The molecule has 0 radical (unpaired) electrons. The van der Waals surface area contributed by atoms with Crippen LogP contribution >= 0.6 is 11.8 Å². The second kappa shape index (κ2) is 12.9. The molecule has 1 saturated heterocycles. The van der Waals surface area contributed by atoms with Gasteiger partial charge in [-0.1, -0.05) is 54.6 Å². The van der Waals surface area contributed by atoms with E-state index in [0.29, 0.717) is 17.9 Å². The van der Waals surface area contributed by atoms with E-state index in [4.69, 9.17) is 14.6 Å². The van der Waals surface area contributed by atoms with Crippen molar-refractivity contribution >= 4 is 33.4 Å². The largest absolute Gasteiger partial charge is 0.478 e. The van der Waals surface area contributed by atoms with Gasteiger partial charge in [-0.05, 0) is 59.7 Å². The zero-order valence-electron chi connectivity index (χ0n) is 21.9. The Hall–Kier alpha value is -3.67. The number of aromatic carboxylic acids is 1. The molecule has 0 amide bonds. The van der Waals surface area contributed by atoms with Gasteiger partial charge in [-0.3, -0.25) is 4.72 Å². The van der Waals surface area contributed by atoms with Crippen molar-refractivity contribution in [1.82, 2.24) is 0 Å². The fourth-order valence-corrected chi connectivity index (χ4v) is 6.43. The molecule has 10 heteroatoms. The SMILES string of the molecule is O=C(O)c1ccc(SC[C@H]2C[C@@H](c3ccc(CO)cc3)O[C@@H](c3ccc(NS(=O)(=O)c4ccccc4)cc3)O2)cc1. The van der Waals surface area contributed by atoms with Crippen molar-refractivity contribution in [3.05, 3.63) is 125 Å². The van der Waals surface area contributed by atoms with Gasteiger partial charge in [-0.15, -0.1) is 11.8 Å². The second-order valence-electron chi connectivity index (χ2n) is 9.53. The lowest BCUT2D eigenvalue weighted by atomic mass is 10.0. The normalized spacial score (nSPS) is 19.0. The number of ether oxygens (including phenoxy) is 2. The molecule has 4 aromatic rings. The van der Waals surface area contributed by atoms with E-state index in [1.807, 2.05) is 24.3 Å². The van der Waals surface area contributed by atoms with Gasteiger partial charge >= 0.3 is 5.97 Å². The summed E-state index contributed by atoms with van der Waals surface area (Å²) in [5, 5.41) is 18.6. The minimum Gasteiger partial charge on any atom is -0.478 e. The lowest BCUT2D eigenvalue weighted by Gasteiger charge is -2.36. The topological polar surface area (TPSA) is 122 Å². The highest BCUT2D eigenvalue weighted by molar-refractivity contribution is 7.99. The molecule has 0 unspecified atom stereocenters. The minimum absolute atomic E-state index is 0.0438. The molecule has 0 aromatic heterocycles. The number of carboxylic acids is 1. The van der Waals surface area contributed by atoms with Gasteiger partial charge < -0.3 is 19.7 Å². The average Bonchev–Trinajstić information content (AvgIpc) is 3.01. The average molecular weight is 592 g/mol. The molecule has 1 aliphatic rings. The zero-order chi connectivity index (χ0) is 28.8. The van der Waals surface area contributed by atoms with Crippen LogP contribution < -0.4 is 4.72 Å². The Morgan fingerprint density at radius 1 is 0.854 bits per heavy atom. The summed E-state index contributed by atoms with van der Waals surface area (Å²) in [6, 6.07) is 29.4. The number of aliphatic hydroxyl groups excluding tert-OH is 1. The monoisotopic (exact) mass is 591 g/mol. The van der Waals surface area contributed by atoms with E-state index in [0.717, 1.165) is 21.6 Å². The van der Waals surface area contributed by atoms with E-state index in [-0.39, 0.29) is 29.3 Å². The van der Waals surface area contributed by atoms with E-state index in [2.05, 4.69) is 4.72 Å². The number of hydrogen-bond acceptors (Lipinski definition) is 7. The summed E-state index contributed by atoms with van der Waals surface area (Å²) in [7, 11) is -3.72. The molecular weight excluding hydrogens is 562 g/mol. The third-order valence-electron chi connectivity index (χ3n) is 6.64. The van der Waals surface area contributed by atoms with Crippen LogP contribution in [0, 0.1) is 0 Å². The van der Waals surface area contributed by atoms with Crippen LogP contribution in [-0.4, -0.2) is 36.5 Å². The summed E-state index contributed by atoms with van der Waals surface area (Å²) >= 11 is 1.57. The highest BCUT2D eigenvalue weighted by atomic mass is 32.2. The van der Waals surface area contributed by atoms with E-state index in [1.54, 1.807) is 78.5 Å². The first-order chi connectivity index (χ1) is 19.8. The van der Waals surface area contributed by atoms with Gasteiger partial charge in [0.15, 0.2) is 6.29 Å². The van der Waals surface area contributed by atoms with Gasteiger partial charge in [0.2, 0.25) is 0 Å². The first-order valence-electron chi connectivity index (χ1n) is 13.0. The summed E-state index contributed by atoms with van der Waals surface area (Å²) in [6.07, 6.45) is -0.537. The Labute approximate surface area is 243 Å². The third kappa shape index (κ3) is 7.35. The fraction of sp³-hybridized carbons (Fsp3) is 0.194. The van der Waals surface area contributed by atoms with E-state index < -0.39 is 22.3 Å². The maximum Gasteiger partial charge on any atom is 0.335 e. The molecule has 8 nitrogen and oxygen atoms in total. The highest BCUT2D eigenvalue weighted by Gasteiger charge is 2.32. The van der Waals surface area contributed by atoms with Gasteiger partial charge in [0, 0.05) is 28.3 Å². The van der Waals surface area contributed by atoms with E-state index in [9.17, 15) is 18.3 Å². The number of rotatable bonds is 10. The third-order valence-corrected chi connectivity index (χ3v) is 9.18. The predicted molar refractivity (Wildman–Crippen MR) is 156 cm³/mol. The summed E-state index contributed by atoms with van der Waals surface area (Å²) < 4.78 is 40.7. The molecule has 212 valence electrons. The van der Waals surface area contributed by atoms with Crippen molar-refractivity contribution in [1.29, 1.82) is 0 Å². The molecular formula is C31H29NO7S2. The van der Waals surface area contributed by atoms with Crippen LogP contribution in [0.25, 0.3) is 0 Å². The van der Waals surface area contributed by atoms with Gasteiger partial charge in [-0.2, -0.15) is 0 Å². The van der Waals surface area contributed by atoms with Gasteiger partial charge in [0.05, 0.1) is 29.3 Å². The first kappa shape index (κ1) is 28.8. The lowest BCUT2D eigenvalue weighted by Crippen LogP contribution is -2.31. The highest BCUT2D eigenvalue weighted by Crippen LogP contribution is 2.39. The number of nitrogens with one attached hydrogen (secondary N) is 1. The number of thioether (sulfide) groups is 1. The van der Waals surface area contributed by atoms with Gasteiger partial charge in [0.25, 0.3) is 10.0 Å². The summed E-state index contributed by atoms with van der Waals surface area (Å²) in [5.74, 6) is -0.349. The minimum atomic E-state index is -3.72. The number of anilines is 1. The molecule has 3 N–H and O–H groups in total. The molecule has 41 heavy (non-hydrogen) atoms. The Bertz CT molecular complexity index is 1560. The van der Waals surface area contributed by atoms with Crippen LogP contribution in [0.3, 0.4) is 0 Å². The number of benzene rings is 4. The Morgan fingerprint density at radius 2 is 1.51 bits per heavy atom. The summed E-state index contributed by atoms with van der Waals surface area (Å²) in [6.45, 7) is -0.0438. The Kier molecular flexibility index (Phi) is 9.06. The quantitative estimate of drug-likeness (QED) is 0.192. The number of carboxylic acid groups (broad SMARTS) is 1. The maximum atomic E-state index is 12.7. The first-order valence-corrected chi connectivity index (χ1v) is 15.4. The van der Waals surface area contributed by atoms with Crippen LogP contribution in [-0.2, 0) is 26.1 Å². The molecule has 1 heterocycles. The zero-order valence-corrected chi connectivity index (χ0v) is 23.6. The number of hydrogen-bond donors (Lipinski definition) is 3. The molecule has 1 aliphatic heterocycles. The van der Waals surface area contributed by atoms with Crippen molar-refractivity contribution in [2.45, 2.75) is 41.3 Å². The smallest absolute Gasteiger partial charge is 0.335 e. The number of sulfonamides is 1. The van der Waals surface area contributed by atoms with E-state index >= 15 is 0 Å². The molecule has 1 fully saturated rings. The summed E-state index contributed by atoms with van der Waals surface area (Å²) in [4.78, 5) is 12.3. The fourth-order valence-electron chi connectivity index (χ4n) is 4.43. The van der Waals surface area contributed by atoms with Crippen molar-refractivity contribution < 1.29 is 32.9 Å². The Balaban J connectivity index is 1.32. The van der Waals surface area contributed by atoms with Crippen molar-refractivity contribution in [2.75, 3.05) is 10.5 Å². The molecule has 3 atom stereocenters. The molecule has 5 rings (SSSR count). The number of carbonyl (C=O) groups is 1. The summed E-state index contributed by atoms with van der Waals surface area (Å²) in [5.41, 5.74) is 3.16. The standard InChI is InChI=1S/C31H29NO7S2/c33-19-21-6-8-22(9-7-21)29-18-26(20-40-27-16-12-23(13-17-27)30(34)35)38-31(39-29)24-10-14-25(15-11-24)32-41(36,37)28-4-2-1-3-5-28/h1-17,26,29,31-33H,18-20H2,(H,34,35)/t26-,29+,31+/m1/s1. The lowest BCUT2D eigenvalue weighted by molar-refractivity contribution is -0.245. The molecule has 0 bridgehead atoms. The van der Waals surface area contributed by atoms with Crippen LogP contribution in [0.2, 0.25) is 0 Å². The molecule has 0 aliphatic carbocycles. The van der Waals surface area contributed by atoms with Gasteiger partial charge in [0.1, 0.15) is 0 Å². The predicted octanol–water partition coefficient (Wildman–Crippen LogP) is 6.02. The van der Waals surface area contributed by atoms with Crippen LogP contribution in [0.5, 0.6) is 0 Å². The molecule has 0 saturated carbocycles. The van der Waals surface area contributed by atoms with E-state index in [1.165, 1.54) is 12.1 Å². The van der Waals surface area contributed by atoms with Crippen molar-refractivity contribution in [3.63, 3.8) is 0 Å². The van der Waals surface area contributed by atoms with Crippen LogP contribution in [0.1, 0.15) is 45.9 Å².